The number of hydrogen-bond acceptors (Lipinski definition) is 6. The first-order chi connectivity index (χ1) is 14.1. The maximum absolute atomic E-state index is 14.0. The van der Waals surface area contributed by atoms with Crippen LogP contribution in [0.4, 0.5) is 8.78 Å². The van der Waals surface area contributed by atoms with Gasteiger partial charge in [-0.05, 0) is 55.8 Å². The van der Waals surface area contributed by atoms with E-state index >= 15 is 0 Å². The molecule has 0 saturated heterocycles. The summed E-state index contributed by atoms with van der Waals surface area (Å²) < 4.78 is 55.9. The second-order valence-corrected chi connectivity index (χ2v) is 9.51. The molecule has 1 heterocycles. The largest absolute Gasteiger partial charge is 0.497 e. The smallest absolute Gasteiger partial charge is 0.246 e. The lowest BCUT2D eigenvalue weighted by atomic mass is 10.1. The quantitative estimate of drug-likeness (QED) is 0.731. The molecule has 0 aliphatic carbocycles. The number of rotatable bonds is 5. The molecular formula is C20H19F2N3O4S. The standard InChI is InChI=1S/C20H19F2N3O4S/c1-20(2,30(27,28)17-9-6-13(21)10-15(17)22)19(26)23-18-11-16(24-25-18)12-4-7-14(29-3)8-5-12/h4-10H,11H2,1-3H3,(H,23,25,26). The molecule has 3 rings (SSSR count). The van der Waals surface area contributed by atoms with Crippen molar-refractivity contribution in [2.24, 2.45) is 10.2 Å². The van der Waals surface area contributed by atoms with Crippen LogP contribution in [0.3, 0.4) is 0 Å². The average molecular weight is 435 g/mol. The maximum Gasteiger partial charge on any atom is 0.246 e. The van der Waals surface area contributed by atoms with Gasteiger partial charge in [-0.25, -0.2) is 17.2 Å². The summed E-state index contributed by atoms with van der Waals surface area (Å²) in [6.07, 6.45) is 0.180. The number of methoxy groups -OCH3 is 1. The molecule has 0 atom stereocenters. The number of sulfone groups is 1. The van der Waals surface area contributed by atoms with Crippen LogP contribution < -0.4 is 10.1 Å². The van der Waals surface area contributed by atoms with E-state index < -0.39 is 37.0 Å². The fourth-order valence-electron chi connectivity index (χ4n) is 2.73. The van der Waals surface area contributed by atoms with Crippen LogP contribution in [0.5, 0.6) is 5.75 Å². The van der Waals surface area contributed by atoms with Crippen LogP contribution in [-0.2, 0) is 14.6 Å². The number of halogens is 2. The number of carbonyl (C=O) groups is 1. The van der Waals surface area contributed by atoms with Crippen LogP contribution in [0.15, 0.2) is 57.6 Å². The van der Waals surface area contributed by atoms with Gasteiger partial charge in [0, 0.05) is 6.07 Å². The minimum Gasteiger partial charge on any atom is -0.497 e. The van der Waals surface area contributed by atoms with Crippen LogP contribution in [0.1, 0.15) is 25.8 Å². The number of nitrogens with zero attached hydrogens (tertiary/aromatic N) is 2. The van der Waals surface area contributed by atoms with E-state index in [1.54, 1.807) is 31.4 Å². The van der Waals surface area contributed by atoms with Crippen molar-refractivity contribution in [3.05, 3.63) is 59.7 Å². The molecular weight excluding hydrogens is 416 g/mol. The third-order valence-corrected chi connectivity index (χ3v) is 7.15. The second-order valence-electron chi connectivity index (χ2n) is 7.04. The second kappa shape index (κ2) is 7.94. The fraction of sp³-hybridized carbons (Fsp3) is 0.250. The van der Waals surface area contributed by atoms with Gasteiger partial charge >= 0.3 is 0 Å². The first-order valence-electron chi connectivity index (χ1n) is 8.85. The molecule has 10 heteroatoms. The van der Waals surface area contributed by atoms with Crippen molar-refractivity contribution in [1.29, 1.82) is 0 Å². The molecule has 0 aromatic heterocycles. The lowest BCUT2D eigenvalue weighted by Crippen LogP contribution is -2.50. The predicted molar refractivity (Wildman–Crippen MR) is 107 cm³/mol. The van der Waals surface area contributed by atoms with Gasteiger partial charge in [-0.1, -0.05) is 0 Å². The third-order valence-electron chi connectivity index (χ3n) is 4.71. The minimum absolute atomic E-state index is 0.161. The first-order valence-corrected chi connectivity index (χ1v) is 10.3. The van der Waals surface area contributed by atoms with Crippen LogP contribution in [0, 0.1) is 11.6 Å². The number of carbonyl (C=O) groups excluding carboxylic acids is 1. The van der Waals surface area contributed by atoms with Gasteiger partial charge in [0.15, 0.2) is 9.84 Å². The molecule has 2 aromatic carbocycles. The molecule has 30 heavy (non-hydrogen) atoms. The summed E-state index contributed by atoms with van der Waals surface area (Å²) in [5.74, 6) is -2.26. The molecule has 1 amide bonds. The maximum atomic E-state index is 14.0. The lowest BCUT2D eigenvalue weighted by Gasteiger charge is -2.24. The van der Waals surface area contributed by atoms with Gasteiger partial charge in [0.25, 0.3) is 0 Å². The van der Waals surface area contributed by atoms with Gasteiger partial charge in [0.05, 0.1) is 19.2 Å². The molecule has 0 saturated carbocycles. The van der Waals surface area contributed by atoms with Crippen molar-refractivity contribution in [1.82, 2.24) is 5.32 Å². The van der Waals surface area contributed by atoms with Crippen molar-refractivity contribution in [3.63, 3.8) is 0 Å². The summed E-state index contributed by atoms with van der Waals surface area (Å²) in [7, 11) is -2.91. The number of benzene rings is 2. The van der Waals surface area contributed by atoms with E-state index in [1.807, 2.05) is 0 Å². The van der Waals surface area contributed by atoms with E-state index in [4.69, 9.17) is 4.74 Å². The van der Waals surface area contributed by atoms with Crippen molar-refractivity contribution in [2.45, 2.75) is 29.9 Å². The normalized spacial score (nSPS) is 14.2. The zero-order chi connectivity index (χ0) is 22.1. The van der Waals surface area contributed by atoms with Crippen LogP contribution >= 0.6 is 0 Å². The Morgan fingerprint density at radius 1 is 1.10 bits per heavy atom. The van der Waals surface area contributed by atoms with E-state index in [2.05, 4.69) is 15.5 Å². The highest BCUT2D eigenvalue weighted by Crippen LogP contribution is 2.28. The van der Waals surface area contributed by atoms with Crippen LogP contribution in [0.25, 0.3) is 0 Å². The number of nitrogens with one attached hydrogen (secondary N) is 1. The van der Waals surface area contributed by atoms with Gasteiger partial charge < -0.3 is 10.1 Å². The fourth-order valence-corrected chi connectivity index (χ4v) is 4.14. The predicted octanol–water partition coefficient (Wildman–Crippen LogP) is 2.85. The molecule has 0 fully saturated rings. The molecule has 1 aliphatic heterocycles. The molecule has 0 bridgehead atoms. The zero-order valence-electron chi connectivity index (χ0n) is 16.4. The minimum atomic E-state index is -4.46. The number of amidine groups is 1. The van der Waals surface area contributed by atoms with Gasteiger partial charge in [0.2, 0.25) is 5.91 Å². The Bertz CT molecular complexity index is 1160. The van der Waals surface area contributed by atoms with Gasteiger partial charge in [-0.2, -0.15) is 5.10 Å². The van der Waals surface area contributed by atoms with E-state index in [1.165, 1.54) is 0 Å². The Labute approximate surface area is 172 Å². The van der Waals surface area contributed by atoms with Gasteiger partial charge in [0.1, 0.15) is 32.9 Å². The molecule has 158 valence electrons. The Hall–Kier alpha value is -3.14. The van der Waals surface area contributed by atoms with E-state index in [0.29, 0.717) is 17.5 Å². The Balaban J connectivity index is 1.73. The Morgan fingerprint density at radius 2 is 1.77 bits per heavy atom. The molecule has 0 spiro atoms. The molecule has 0 radical (unpaired) electrons. The monoisotopic (exact) mass is 435 g/mol. The van der Waals surface area contributed by atoms with E-state index in [-0.39, 0.29) is 12.3 Å². The number of ether oxygens (including phenoxy) is 1. The summed E-state index contributed by atoms with van der Waals surface area (Å²) in [5.41, 5.74) is 1.35. The molecule has 1 N–H and O–H groups in total. The Kier molecular flexibility index (Phi) is 5.71. The summed E-state index contributed by atoms with van der Waals surface area (Å²) in [6, 6.07) is 9.14. The zero-order valence-corrected chi connectivity index (χ0v) is 17.3. The topological polar surface area (TPSA) is 97.2 Å². The van der Waals surface area contributed by atoms with Crippen molar-refractivity contribution >= 4 is 27.3 Å². The van der Waals surface area contributed by atoms with Gasteiger partial charge in [-0.15, -0.1) is 5.10 Å². The van der Waals surface area contributed by atoms with Crippen LogP contribution in [-0.4, -0.2) is 37.7 Å². The highest BCUT2D eigenvalue weighted by Gasteiger charge is 2.44. The summed E-state index contributed by atoms with van der Waals surface area (Å²) in [6.45, 7) is 2.28. The third kappa shape index (κ3) is 3.95. The SMILES string of the molecule is COc1ccc(C2=NN=C(NC(=O)C(C)(C)S(=O)(=O)c3ccc(F)cc3F)C2)cc1. The van der Waals surface area contributed by atoms with E-state index in [9.17, 15) is 22.0 Å². The first kappa shape index (κ1) is 21.6. The molecule has 1 aliphatic rings. The highest BCUT2D eigenvalue weighted by atomic mass is 32.2. The molecule has 2 aromatic rings. The van der Waals surface area contributed by atoms with Crippen molar-refractivity contribution < 1.29 is 26.7 Å². The molecule has 7 nitrogen and oxygen atoms in total. The number of amides is 1. The Morgan fingerprint density at radius 3 is 2.37 bits per heavy atom. The van der Waals surface area contributed by atoms with Gasteiger partial charge in [-0.3, -0.25) is 4.79 Å². The lowest BCUT2D eigenvalue weighted by molar-refractivity contribution is -0.121. The van der Waals surface area contributed by atoms with Crippen molar-refractivity contribution in [2.75, 3.05) is 7.11 Å². The number of hydrogen-bond donors (Lipinski definition) is 1. The highest BCUT2D eigenvalue weighted by molar-refractivity contribution is 7.93. The summed E-state index contributed by atoms with van der Waals surface area (Å²) in [4.78, 5) is 12.0. The summed E-state index contributed by atoms with van der Waals surface area (Å²) >= 11 is 0. The van der Waals surface area contributed by atoms with Crippen molar-refractivity contribution in [3.8, 4) is 5.75 Å². The average Bonchev–Trinajstić information content (AvgIpc) is 3.16. The van der Waals surface area contributed by atoms with E-state index in [0.717, 1.165) is 31.5 Å². The molecule has 0 unspecified atom stereocenters. The summed E-state index contributed by atoms with van der Waals surface area (Å²) in [5, 5.41) is 10.4. The van der Waals surface area contributed by atoms with Crippen LogP contribution in [0.2, 0.25) is 0 Å².